The van der Waals surface area contributed by atoms with Gasteiger partial charge in [-0.05, 0) is 42.5 Å². The van der Waals surface area contributed by atoms with Crippen molar-refractivity contribution in [3.05, 3.63) is 46.2 Å². The number of hydrogen-bond donors (Lipinski definition) is 3. The highest BCUT2D eigenvalue weighted by atomic mass is 32.1. The van der Waals surface area contributed by atoms with Gasteiger partial charge in [0.25, 0.3) is 0 Å². The van der Waals surface area contributed by atoms with Crippen LogP contribution in [0.2, 0.25) is 0 Å². The van der Waals surface area contributed by atoms with Crippen LogP contribution in [0.5, 0.6) is 0 Å². The summed E-state index contributed by atoms with van der Waals surface area (Å²) in [4.78, 5) is 50.6. The summed E-state index contributed by atoms with van der Waals surface area (Å²) in [5.41, 5.74) is 7.09. The molecule has 1 aromatic heterocycles. The Kier molecular flexibility index (Phi) is 7.77. The summed E-state index contributed by atoms with van der Waals surface area (Å²) in [5, 5.41) is 7.32. The van der Waals surface area contributed by atoms with Gasteiger partial charge in [-0.25, -0.2) is 0 Å². The Hall–Kier alpha value is -3.20. The van der Waals surface area contributed by atoms with Gasteiger partial charge in [-0.3, -0.25) is 19.2 Å². The number of nitrogens with one attached hydrogen (secondary N) is 2. The number of thiophene rings is 1. The molecule has 0 spiro atoms. The van der Waals surface area contributed by atoms with Crippen LogP contribution in [0.25, 0.3) is 0 Å². The van der Waals surface area contributed by atoms with Crippen LogP contribution < -0.4 is 21.3 Å². The standard InChI is InChI=1S/C22H26N4O4S/c23-22(30)15-5-6-17(26-11-1-2-12-26)16(14-15)25-21(29)9-10-24-20(28)8-7-18(27)19-4-3-13-31-19/h3-6,13-14H,1-2,7-12H2,(H2,23,30)(H,24,28)(H,25,29). The number of carbonyl (C=O) groups is 4. The monoisotopic (exact) mass is 442 g/mol. The molecule has 2 heterocycles. The fourth-order valence-electron chi connectivity index (χ4n) is 3.43. The first-order chi connectivity index (χ1) is 14.9. The predicted octanol–water partition coefficient (Wildman–Crippen LogP) is 2.56. The van der Waals surface area contributed by atoms with Crippen LogP contribution in [0.15, 0.2) is 35.7 Å². The molecule has 2 aromatic rings. The summed E-state index contributed by atoms with van der Waals surface area (Å²) in [7, 11) is 0. The summed E-state index contributed by atoms with van der Waals surface area (Å²) in [5.74, 6) is -1.18. The van der Waals surface area contributed by atoms with E-state index < -0.39 is 5.91 Å². The van der Waals surface area contributed by atoms with Crippen LogP contribution in [-0.2, 0) is 9.59 Å². The fraction of sp³-hybridized carbons (Fsp3) is 0.364. The van der Waals surface area contributed by atoms with E-state index in [9.17, 15) is 19.2 Å². The van der Waals surface area contributed by atoms with E-state index in [-0.39, 0.29) is 43.4 Å². The van der Waals surface area contributed by atoms with E-state index in [1.54, 1.807) is 30.3 Å². The molecular formula is C22H26N4O4S. The lowest BCUT2D eigenvalue weighted by atomic mass is 10.1. The van der Waals surface area contributed by atoms with Gasteiger partial charge in [0, 0.05) is 44.5 Å². The van der Waals surface area contributed by atoms with Crippen molar-refractivity contribution < 1.29 is 19.2 Å². The molecule has 1 aromatic carbocycles. The van der Waals surface area contributed by atoms with Crippen LogP contribution in [0.1, 0.15) is 52.1 Å². The summed E-state index contributed by atoms with van der Waals surface area (Å²) in [6.45, 7) is 1.94. The minimum absolute atomic E-state index is 0.0633. The average Bonchev–Trinajstić information content (AvgIpc) is 3.46. The Morgan fingerprint density at radius 3 is 2.45 bits per heavy atom. The van der Waals surface area contributed by atoms with Crippen LogP contribution >= 0.6 is 11.3 Å². The number of nitrogens with zero attached hydrogens (tertiary/aromatic N) is 1. The second-order valence-electron chi connectivity index (χ2n) is 7.34. The van der Waals surface area contributed by atoms with Gasteiger partial charge < -0.3 is 21.3 Å². The molecule has 164 valence electrons. The van der Waals surface area contributed by atoms with Crippen molar-refractivity contribution >= 4 is 46.2 Å². The quantitative estimate of drug-likeness (QED) is 0.488. The number of rotatable bonds is 10. The van der Waals surface area contributed by atoms with Crippen molar-refractivity contribution in [2.24, 2.45) is 5.73 Å². The van der Waals surface area contributed by atoms with Crippen LogP contribution in [0, 0.1) is 0 Å². The fourth-order valence-corrected chi connectivity index (χ4v) is 4.12. The summed E-state index contributed by atoms with van der Waals surface area (Å²) in [6.07, 6.45) is 2.44. The maximum Gasteiger partial charge on any atom is 0.248 e. The number of amides is 3. The molecule has 0 radical (unpaired) electrons. The zero-order valence-electron chi connectivity index (χ0n) is 17.2. The Balaban J connectivity index is 1.48. The third-order valence-electron chi connectivity index (χ3n) is 5.05. The van der Waals surface area contributed by atoms with Gasteiger partial charge in [0.15, 0.2) is 5.78 Å². The molecule has 0 saturated carbocycles. The Morgan fingerprint density at radius 1 is 1.00 bits per heavy atom. The van der Waals surface area contributed by atoms with Crippen molar-refractivity contribution in [2.45, 2.75) is 32.1 Å². The van der Waals surface area contributed by atoms with Crippen molar-refractivity contribution in [3.8, 4) is 0 Å². The number of hydrogen-bond acceptors (Lipinski definition) is 6. The molecule has 0 bridgehead atoms. The highest BCUT2D eigenvalue weighted by Gasteiger charge is 2.18. The molecule has 1 aliphatic heterocycles. The lowest BCUT2D eigenvalue weighted by Crippen LogP contribution is -2.28. The van der Waals surface area contributed by atoms with E-state index in [0.29, 0.717) is 16.1 Å². The van der Waals surface area contributed by atoms with E-state index in [1.807, 2.05) is 5.38 Å². The molecule has 31 heavy (non-hydrogen) atoms. The first-order valence-electron chi connectivity index (χ1n) is 10.3. The highest BCUT2D eigenvalue weighted by Crippen LogP contribution is 2.30. The van der Waals surface area contributed by atoms with Gasteiger partial charge in [0.1, 0.15) is 0 Å². The van der Waals surface area contributed by atoms with Gasteiger partial charge in [-0.2, -0.15) is 0 Å². The van der Waals surface area contributed by atoms with E-state index in [1.165, 1.54) is 11.3 Å². The topological polar surface area (TPSA) is 122 Å². The van der Waals surface area contributed by atoms with Crippen LogP contribution in [0.4, 0.5) is 11.4 Å². The maximum absolute atomic E-state index is 12.4. The molecule has 3 amide bonds. The lowest BCUT2D eigenvalue weighted by molar-refractivity contribution is -0.121. The number of Topliss-reactive ketones (excluding diaryl/α,β-unsaturated/α-hetero) is 1. The minimum Gasteiger partial charge on any atom is -0.370 e. The van der Waals surface area contributed by atoms with Gasteiger partial charge >= 0.3 is 0 Å². The normalized spacial score (nSPS) is 13.1. The molecule has 0 unspecified atom stereocenters. The molecule has 1 fully saturated rings. The van der Waals surface area contributed by atoms with Gasteiger partial charge in [0.2, 0.25) is 17.7 Å². The number of carbonyl (C=O) groups excluding carboxylic acids is 4. The van der Waals surface area contributed by atoms with Crippen molar-refractivity contribution in [1.29, 1.82) is 0 Å². The number of ketones is 1. The first-order valence-corrected chi connectivity index (χ1v) is 11.1. The van der Waals surface area contributed by atoms with Crippen LogP contribution in [-0.4, -0.2) is 43.1 Å². The van der Waals surface area contributed by atoms with E-state index >= 15 is 0 Å². The minimum atomic E-state index is -0.562. The molecule has 8 nitrogen and oxygen atoms in total. The molecule has 9 heteroatoms. The van der Waals surface area contributed by atoms with Crippen molar-refractivity contribution in [2.75, 3.05) is 29.9 Å². The molecule has 4 N–H and O–H groups in total. The molecule has 1 aliphatic rings. The summed E-state index contributed by atoms with van der Waals surface area (Å²) < 4.78 is 0. The third kappa shape index (κ3) is 6.39. The Labute approximate surface area is 184 Å². The van der Waals surface area contributed by atoms with Crippen molar-refractivity contribution in [1.82, 2.24) is 5.32 Å². The SMILES string of the molecule is NC(=O)c1ccc(N2CCCC2)c(NC(=O)CCNC(=O)CCC(=O)c2cccs2)c1. The Morgan fingerprint density at radius 2 is 1.77 bits per heavy atom. The molecule has 3 rings (SSSR count). The summed E-state index contributed by atoms with van der Waals surface area (Å²) in [6, 6.07) is 8.57. The number of benzene rings is 1. The van der Waals surface area contributed by atoms with Gasteiger partial charge in [-0.15, -0.1) is 11.3 Å². The summed E-state index contributed by atoms with van der Waals surface area (Å²) >= 11 is 1.35. The first kappa shape index (κ1) is 22.5. The van der Waals surface area contributed by atoms with Gasteiger partial charge in [-0.1, -0.05) is 6.07 Å². The number of nitrogens with two attached hydrogens (primary N) is 1. The average molecular weight is 443 g/mol. The van der Waals surface area contributed by atoms with Crippen molar-refractivity contribution in [3.63, 3.8) is 0 Å². The number of primary amides is 1. The van der Waals surface area contributed by atoms with E-state index in [4.69, 9.17) is 5.73 Å². The highest BCUT2D eigenvalue weighted by molar-refractivity contribution is 7.12. The van der Waals surface area contributed by atoms with E-state index in [2.05, 4.69) is 15.5 Å². The zero-order chi connectivity index (χ0) is 22.2. The second-order valence-corrected chi connectivity index (χ2v) is 8.29. The molecule has 0 atom stereocenters. The van der Waals surface area contributed by atoms with Gasteiger partial charge in [0.05, 0.1) is 16.3 Å². The zero-order valence-corrected chi connectivity index (χ0v) is 18.0. The van der Waals surface area contributed by atoms with Crippen LogP contribution in [0.3, 0.4) is 0 Å². The molecule has 1 saturated heterocycles. The smallest absolute Gasteiger partial charge is 0.248 e. The predicted molar refractivity (Wildman–Crippen MR) is 121 cm³/mol. The maximum atomic E-state index is 12.4. The molecule has 0 aliphatic carbocycles. The van der Waals surface area contributed by atoms with E-state index in [0.717, 1.165) is 31.6 Å². The lowest BCUT2D eigenvalue weighted by Gasteiger charge is -2.22. The third-order valence-corrected chi connectivity index (χ3v) is 5.96. The number of anilines is 2. The largest absolute Gasteiger partial charge is 0.370 e. The Bertz CT molecular complexity index is 952. The molecular weight excluding hydrogens is 416 g/mol. The second kappa shape index (κ2) is 10.7.